The first-order valence-electron chi connectivity index (χ1n) is 7.54. The highest BCUT2D eigenvalue weighted by Crippen LogP contribution is 2.39. The first-order chi connectivity index (χ1) is 9.79. The van der Waals surface area contributed by atoms with Crippen LogP contribution in [0, 0.1) is 0 Å². The highest BCUT2D eigenvalue weighted by molar-refractivity contribution is 5.20. The van der Waals surface area contributed by atoms with Crippen molar-refractivity contribution >= 4 is 0 Å². The Balaban J connectivity index is 1.84. The quantitative estimate of drug-likeness (QED) is 0.929. The molecule has 1 N–H and O–H groups in total. The van der Waals surface area contributed by atoms with E-state index in [1.54, 1.807) is 0 Å². The minimum absolute atomic E-state index is 0.159. The SMILES string of the molecule is CCc1nccn1C1CC(c2ccccc2)CCC1O. The fourth-order valence-electron chi connectivity index (χ4n) is 3.38. The zero-order valence-corrected chi connectivity index (χ0v) is 11.9. The smallest absolute Gasteiger partial charge is 0.108 e. The summed E-state index contributed by atoms with van der Waals surface area (Å²) in [6, 6.07) is 10.8. The molecule has 106 valence electrons. The van der Waals surface area contributed by atoms with Crippen molar-refractivity contribution in [2.45, 2.75) is 50.7 Å². The molecule has 0 amide bonds. The molecular weight excluding hydrogens is 248 g/mol. The van der Waals surface area contributed by atoms with Gasteiger partial charge >= 0.3 is 0 Å². The van der Waals surface area contributed by atoms with E-state index in [1.165, 1.54) is 5.56 Å². The van der Waals surface area contributed by atoms with Crippen molar-refractivity contribution in [3.05, 3.63) is 54.1 Å². The molecule has 1 saturated carbocycles. The Kier molecular flexibility index (Phi) is 3.88. The summed E-state index contributed by atoms with van der Waals surface area (Å²) < 4.78 is 2.18. The van der Waals surface area contributed by atoms with Crippen LogP contribution in [0.2, 0.25) is 0 Å². The molecule has 0 spiro atoms. The van der Waals surface area contributed by atoms with Gasteiger partial charge < -0.3 is 9.67 Å². The summed E-state index contributed by atoms with van der Waals surface area (Å²) in [6.07, 6.45) is 7.44. The minimum atomic E-state index is -0.255. The fraction of sp³-hybridized carbons (Fsp3) is 0.471. The van der Waals surface area contributed by atoms with E-state index in [1.807, 2.05) is 12.4 Å². The van der Waals surface area contributed by atoms with Crippen molar-refractivity contribution in [2.75, 3.05) is 0 Å². The van der Waals surface area contributed by atoms with Gasteiger partial charge in [0.1, 0.15) is 5.82 Å². The van der Waals surface area contributed by atoms with Crippen LogP contribution in [-0.4, -0.2) is 20.8 Å². The van der Waals surface area contributed by atoms with Gasteiger partial charge in [-0.25, -0.2) is 4.98 Å². The van der Waals surface area contributed by atoms with Gasteiger partial charge in [-0.1, -0.05) is 37.3 Å². The number of imidazole rings is 1. The average Bonchev–Trinajstić information content (AvgIpc) is 2.97. The number of hydrogen-bond acceptors (Lipinski definition) is 2. The molecule has 1 heterocycles. The van der Waals surface area contributed by atoms with Crippen molar-refractivity contribution in [2.24, 2.45) is 0 Å². The standard InChI is InChI=1S/C17H22N2O/c1-2-17-18-10-11-19(17)15-12-14(8-9-16(15)20)13-6-4-3-5-7-13/h3-7,10-11,14-16,20H,2,8-9,12H2,1H3. The normalized spacial score (nSPS) is 26.6. The zero-order chi connectivity index (χ0) is 13.9. The summed E-state index contributed by atoms with van der Waals surface area (Å²) in [5, 5.41) is 10.4. The monoisotopic (exact) mass is 270 g/mol. The van der Waals surface area contributed by atoms with Gasteiger partial charge in [-0.3, -0.25) is 0 Å². The summed E-state index contributed by atoms with van der Waals surface area (Å²) in [4.78, 5) is 4.39. The zero-order valence-electron chi connectivity index (χ0n) is 11.9. The predicted molar refractivity (Wildman–Crippen MR) is 79.7 cm³/mol. The van der Waals surface area contributed by atoms with Crippen molar-refractivity contribution < 1.29 is 5.11 Å². The Morgan fingerprint density at radius 2 is 2.05 bits per heavy atom. The molecule has 20 heavy (non-hydrogen) atoms. The van der Waals surface area contributed by atoms with Crippen LogP contribution in [0.4, 0.5) is 0 Å². The van der Waals surface area contributed by atoms with Gasteiger partial charge in [0.15, 0.2) is 0 Å². The second-order valence-corrected chi connectivity index (χ2v) is 5.66. The molecular formula is C17H22N2O. The van der Waals surface area contributed by atoms with Gasteiger partial charge in [-0.15, -0.1) is 0 Å². The lowest BCUT2D eigenvalue weighted by Gasteiger charge is -2.35. The van der Waals surface area contributed by atoms with Gasteiger partial charge in [0.2, 0.25) is 0 Å². The molecule has 3 rings (SSSR count). The molecule has 0 saturated heterocycles. The molecule has 3 heteroatoms. The number of aliphatic hydroxyl groups excluding tert-OH is 1. The van der Waals surface area contributed by atoms with Gasteiger partial charge in [0.25, 0.3) is 0 Å². The van der Waals surface area contributed by atoms with Gasteiger partial charge in [-0.05, 0) is 30.7 Å². The highest BCUT2D eigenvalue weighted by Gasteiger charge is 2.31. The molecule has 1 fully saturated rings. The third kappa shape index (κ3) is 2.50. The van der Waals surface area contributed by atoms with Gasteiger partial charge in [0.05, 0.1) is 12.1 Å². The molecule has 2 aromatic rings. The van der Waals surface area contributed by atoms with Crippen LogP contribution in [0.1, 0.15) is 49.5 Å². The molecule has 0 bridgehead atoms. The summed E-state index contributed by atoms with van der Waals surface area (Å²) in [5.41, 5.74) is 1.39. The maximum Gasteiger partial charge on any atom is 0.108 e. The lowest BCUT2D eigenvalue weighted by atomic mass is 9.79. The molecule has 1 aliphatic rings. The fourth-order valence-corrected chi connectivity index (χ4v) is 3.38. The Labute approximate surface area is 120 Å². The van der Waals surface area contributed by atoms with Crippen LogP contribution in [-0.2, 0) is 6.42 Å². The van der Waals surface area contributed by atoms with E-state index in [-0.39, 0.29) is 12.1 Å². The molecule has 1 aliphatic carbocycles. The van der Waals surface area contributed by atoms with Crippen molar-refractivity contribution in [1.29, 1.82) is 0 Å². The van der Waals surface area contributed by atoms with Crippen LogP contribution in [0.15, 0.2) is 42.7 Å². The number of benzene rings is 1. The number of aryl methyl sites for hydroxylation is 1. The lowest BCUT2D eigenvalue weighted by molar-refractivity contribution is 0.0662. The largest absolute Gasteiger partial charge is 0.391 e. The number of hydrogen-bond donors (Lipinski definition) is 1. The van der Waals surface area contributed by atoms with Crippen LogP contribution >= 0.6 is 0 Å². The van der Waals surface area contributed by atoms with E-state index >= 15 is 0 Å². The van der Waals surface area contributed by atoms with E-state index in [2.05, 4.69) is 46.8 Å². The first kappa shape index (κ1) is 13.4. The van der Waals surface area contributed by atoms with Crippen molar-refractivity contribution in [3.63, 3.8) is 0 Å². The molecule has 1 aromatic carbocycles. The third-order valence-electron chi connectivity index (χ3n) is 4.47. The van der Waals surface area contributed by atoms with Crippen LogP contribution in [0.25, 0.3) is 0 Å². The van der Waals surface area contributed by atoms with E-state index in [9.17, 15) is 5.11 Å². The maximum absolute atomic E-state index is 10.4. The number of aliphatic hydroxyl groups is 1. The van der Waals surface area contributed by atoms with Gasteiger partial charge in [0, 0.05) is 18.8 Å². The van der Waals surface area contributed by atoms with E-state index in [0.717, 1.165) is 31.5 Å². The Morgan fingerprint density at radius 1 is 1.25 bits per heavy atom. The summed E-state index contributed by atoms with van der Waals surface area (Å²) in [7, 11) is 0. The number of aromatic nitrogens is 2. The molecule has 3 unspecified atom stereocenters. The van der Waals surface area contributed by atoms with Crippen LogP contribution in [0.3, 0.4) is 0 Å². The first-order valence-corrected chi connectivity index (χ1v) is 7.54. The van der Waals surface area contributed by atoms with Crippen molar-refractivity contribution in [1.82, 2.24) is 9.55 Å². The molecule has 3 atom stereocenters. The molecule has 0 radical (unpaired) electrons. The average molecular weight is 270 g/mol. The second-order valence-electron chi connectivity index (χ2n) is 5.66. The summed E-state index contributed by atoms with van der Waals surface area (Å²) in [5.74, 6) is 1.61. The number of rotatable bonds is 3. The highest BCUT2D eigenvalue weighted by atomic mass is 16.3. The van der Waals surface area contributed by atoms with E-state index in [4.69, 9.17) is 0 Å². The number of nitrogens with zero attached hydrogens (tertiary/aromatic N) is 2. The third-order valence-corrected chi connectivity index (χ3v) is 4.47. The van der Waals surface area contributed by atoms with E-state index in [0.29, 0.717) is 5.92 Å². The molecule has 1 aromatic heterocycles. The van der Waals surface area contributed by atoms with Crippen molar-refractivity contribution in [3.8, 4) is 0 Å². The maximum atomic E-state index is 10.4. The Bertz CT molecular complexity index is 549. The second kappa shape index (κ2) is 5.80. The molecule has 0 aliphatic heterocycles. The van der Waals surface area contributed by atoms with Crippen LogP contribution in [0.5, 0.6) is 0 Å². The minimum Gasteiger partial charge on any atom is -0.391 e. The summed E-state index contributed by atoms with van der Waals surface area (Å²) >= 11 is 0. The van der Waals surface area contributed by atoms with Gasteiger partial charge in [-0.2, -0.15) is 0 Å². The van der Waals surface area contributed by atoms with E-state index < -0.39 is 0 Å². The van der Waals surface area contributed by atoms with Crippen LogP contribution < -0.4 is 0 Å². The predicted octanol–water partition coefficient (Wildman–Crippen LogP) is 3.32. The Hall–Kier alpha value is -1.61. The topological polar surface area (TPSA) is 38.0 Å². The summed E-state index contributed by atoms with van der Waals surface area (Å²) in [6.45, 7) is 2.11. The molecule has 3 nitrogen and oxygen atoms in total. The Morgan fingerprint density at radius 3 is 2.80 bits per heavy atom. The lowest BCUT2D eigenvalue weighted by Crippen LogP contribution is -2.31.